The zero-order valence-electron chi connectivity index (χ0n) is 11.6. The Bertz CT molecular complexity index is 633. The van der Waals surface area contributed by atoms with Crippen LogP contribution in [0, 0.1) is 0 Å². The van der Waals surface area contributed by atoms with Gasteiger partial charge in [0.25, 0.3) is 0 Å². The minimum atomic E-state index is -0.503. The molecule has 0 saturated heterocycles. The number of ether oxygens (including phenoxy) is 1. The molecule has 0 aliphatic rings. The van der Waals surface area contributed by atoms with Gasteiger partial charge in [-0.25, -0.2) is 4.79 Å². The predicted molar refractivity (Wildman–Crippen MR) is 78.8 cm³/mol. The van der Waals surface area contributed by atoms with Crippen molar-refractivity contribution in [2.75, 3.05) is 0 Å². The van der Waals surface area contributed by atoms with E-state index >= 15 is 0 Å². The van der Waals surface area contributed by atoms with Gasteiger partial charge in [0.05, 0.1) is 5.57 Å². The van der Waals surface area contributed by atoms with Crippen LogP contribution in [-0.4, -0.2) is 11.6 Å². The van der Waals surface area contributed by atoms with E-state index in [1.54, 1.807) is 0 Å². The lowest BCUT2D eigenvalue weighted by Gasteiger charge is -2.20. The number of hydrogen-bond acceptors (Lipinski definition) is 2. The van der Waals surface area contributed by atoms with E-state index in [1.807, 2.05) is 63.2 Å². The van der Waals surface area contributed by atoms with Crippen LogP contribution in [0.5, 0.6) is 0 Å². The average Bonchev–Trinajstić information content (AvgIpc) is 2.35. The summed E-state index contributed by atoms with van der Waals surface area (Å²) in [6, 6.07) is 13.9. The maximum atomic E-state index is 12.0. The van der Waals surface area contributed by atoms with Crippen LogP contribution in [0.25, 0.3) is 16.3 Å². The van der Waals surface area contributed by atoms with Crippen LogP contribution in [0.2, 0.25) is 0 Å². The van der Waals surface area contributed by atoms with Crippen molar-refractivity contribution in [1.29, 1.82) is 0 Å². The molecule has 0 aromatic heterocycles. The smallest absolute Gasteiger partial charge is 0.338 e. The van der Waals surface area contributed by atoms with Gasteiger partial charge in [-0.05, 0) is 43.2 Å². The van der Waals surface area contributed by atoms with Crippen LogP contribution in [0.3, 0.4) is 0 Å². The Kier molecular flexibility index (Phi) is 3.43. The molecule has 0 saturated carbocycles. The lowest BCUT2D eigenvalue weighted by molar-refractivity contribution is -0.147. The van der Waals surface area contributed by atoms with Gasteiger partial charge in [-0.2, -0.15) is 0 Å². The number of esters is 1. The molecular formula is C17H18O2. The van der Waals surface area contributed by atoms with Gasteiger partial charge in [0.15, 0.2) is 0 Å². The predicted octanol–water partition coefficient (Wildman–Crippen LogP) is 4.19. The number of hydrogen-bond donors (Lipinski definition) is 0. The van der Waals surface area contributed by atoms with Crippen molar-refractivity contribution in [3.63, 3.8) is 0 Å². The Morgan fingerprint density at radius 2 is 1.68 bits per heavy atom. The Balaban J connectivity index is 2.29. The maximum absolute atomic E-state index is 12.0. The molecule has 2 aromatic rings. The third-order valence-electron chi connectivity index (χ3n) is 2.74. The van der Waals surface area contributed by atoms with Crippen LogP contribution in [0.15, 0.2) is 49.0 Å². The van der Waals surface area contributed by atoms with Crippen molar-refractivity contribution in [2.45, 2.75) is 26.4 Å². The summed E-state index contributed by atoms with van der Waals surface area (Å²) in [7, 11) is 0. The zero-order chi connectivity index (χ0) is 14.0. The van der Waals surface area contributed by atoms with Gasteiger partial charge in [0, 0.05) is 0 Å². The maximum Gasteiger partial charge on any atom is 0.338 e. The van der Waals surface area contributed by atoms with Crippen LogP contribution >= 0.6 is 0 Å². The SMILES string of the molecule is C=C(C(=O)OC(C)(C)C)c1ccc2ccccc2c1. The second kappa shape index (κ2) is 4.88. The average molecular weight is 254 g/mol. The Hall–Kier alpha value is -2.09. The van der Waals surface area contributed by atoms with Crippen LogP contribution < -0.4 is 0 Å². The number of fused-ring (bicyclic) bond motifs is 1. The summed E-state index contributed by atoms with van der Waals surface area (Å²) in [5.74, 6) is -0.372. The highest BCUT2D eigenvalue weighted by atomic mass is 16.6. The molecule has 2 rings (SSSR count). The monoisotopic (exact) mass is 254 g/mol. The van der Waals surface area contributed by atoms with Crippen molar-refractivity contribution in [3.8, 4) is 0 Å². The number of rotatable bonds is 2. The fourth-order valence-electron chi connectivity index (χ4n) is 1.83. The molecule has 2 aromatic carbocycles. The van der Waals surface area contributed by atoms with E-state index in [1.165, 1.54) is 0 Å². The molecule has 0 bridgehead atoms. The lowest BCUT2D eigenvalue weighted by atomic mass is 10.0. The first-order chi connectivity index (χ1) is 8.87. The number of benzene rings is 2. The molecule has 0 spiro atoms. The van der Waals surface area contributed by atoms with E-state index in [4.69, 9.17) is 4.74 Å². The van der Waals surface area contributed by atoms with Crippen LogP contribution in [-0.2, 0) is 9.53 Å². The Labute approximate surface area is 113 Å². The molecule has 0 N–H and O–H groups in total. The van der Waals surface area contributed by atoms with Crippen molar-refractivity contribution in [1.82, 2.24) is 0 Å². The van der Waals surface area contributed by atoms with E-state index in [0.717, 1.165) is 16.3 Å². The molecule has 98 valence electrons. The Morgan fingerprint density at radius 1 is 1.05 bits per heavy atom. The minimum absolute atomic E-state index is 0.372. The summed E-state index contributed by atoms with van der Waals surface area (Å²) in [5.41, 5.74) is 0.685. The quantitative estimate of drug-likeness (QED) is 0.593. The van der Waals surface area contributed by atoms with Gasteiger partial charge in [0.1, 0.15) is 5.60 Å². The molecule has 2 nitrogen and oxygen atoms in total. The molecule has 19 heavy (non-hydrogen) atoms. The van der Waals surface area contributed by atoms with Gasteiger partial charge in [-0.15, -0.1) is 0 Å². The van der Waals surface area contributed by atoms with Gasteiger partial charge in [-0.3, -0.25) is 0 Å². The van der Waals surface area contributed by atoms with Crippen molar-refractivity contribution >= 4 is 22.3 Å². The van der Waals surface area contributed by atoms with Gasteiger partial charge < -0.3 is 4.74 Å². The highest BCUT2D eigenvalue weighted by Crippen LogP contribution is 2.22. The van der Waals surface area contributed by atoms with Gasteiger partial charge in [-0.1, -0.05) is 43.0 Å². The molecule has 0 aliphatic heterocycles. The molecular weight excluding hydrogens is 236 g/mol. The molecule has 0 fully saturated rings. The molecule has 0 amide bonds. The molecule has 0 heterocycles. The summed E-state index contributed by atoms with van der Waals surface area (Å²) >= 11 is 0. The normalized spacial score (nSPS) is 11.3. The second-order valence-corrected chi connectivity index (χ2v) is 5.54. The molecule has 0 radical (unpaired) electrons. The first-order valence-electron chi connectivity index (χ1n) is 6.28. The van der Waals surface area contributed by atoms with E-state index in [2.05, 4.69) is 6.58 Å². The standard InChI is InChI=1S/C17H18O2/c1-12(16(18)19-17(2,3)4)14-10-9-13-7-5-6-8-15(13)11-14/h5-11H,1H2,2-4H3. The van der Waals surface area contributed by atoms with Gasteiger partial charge >= 0.3 is 5.97 Å². The highest BCUT2D eigenvalue weighted by Gasteiger charge is 2.19. The van der Waals surface area contributed by atoms with Crippen molar-refractivity contribution < 1.29 is 9.53 Å². The number of carbonyl (C=O) groups excluding carboxylic acids is 1. The van der Waals surface area contributed by atoms with E-state index < -0.39 is 5.60 Å². The summed E-state index contributed by atoms with van der Waals surface area (Å²) in [5, 5.41) is 2.23. The summed E-state index contributed by atoms with van der Waals surface area (Å²) in [4.78, 5) is 12.0. The molecule has 0 aliphatic carbocycles. The third kappa shape index (κ3) is 3.22. The molecule has 0 unspecified atom stereocenters. The molecule has 0 atom stereocenters. The number of carbonyl (C=O) groups is 1. The lowest BCUT2D eigenvalue weighted by Crippen LogP contribution is -2.24. The van der Waals surface area contributed by atoms with E-state index in [9.17, 15) is 4.79 Å². The summed E-state index contributed by atoms with van der Waals surface area (Å²) < 4.78 is 5.33. The van der Waals surface area contributed by atoms with E-state index in [-0.39, 0.29) is 5.97 Å². The largest absolute Gasteiger partial charge is 0.456 e. The summed E-state index contributed by atoms with van der Waals surface area (Å²) in [6.07, 6.45) is 0. The van der Waals surface area contributed by atoms with Gasteiger partial charge in [0.2, 0.25) is 0 Å². The highest BCUT2D eigenvalue weighted by molar-refractivity contribution is 6.16. The first kappa shape index (κ1) is 13.3. The fraction of sp³-hybridized carbons (Fsp3) is 0.235. The van der Waals surface area contributed by atoms with Crippen molar-refractivity contribution in [2.24, 2.45) is 0 Å². The van der Waals surface area contributed by atoms with E-state index in [0.29, 0.717) is 5.57 Å². The third-order valence-corrected chi connectivity index (χ3v) is 2.74. The minimum Gasteiger partial charge on any atom is -0.456 e. The van der Waals surface area contributed by atoms with Crippen LogP contribution in [0.1, 0.15) is 26.3 Å². The first-order valence-corrected chi connectivity index (χ1v) is 6.28. The molecule has 2 heteroatoms. The van der Waals surface area contributed by atoms with Crippen molar-refractivity contribution in [3.05, 3.63) is 54.6 Å². The zero-order valence-corrected chi connectivity index (χ0v) is 11.6. The summed E-state index contributed by atoms with van der Waals surface area (Å²) in [6.45, 7) is 9.38. The topological polar surface area (TPSA) is 26.3 Å². The van der Waals surface area contributed by atoms with Crippen LogP contribution in [0.4, 0.5) is 0 Å². The fourth-order valence-corrected chi connectivity index (χ4v) is 1.83. The second-order valence-electron chi connectivity index (χ2n) is 5.54. The Morgan fingerprint density at radius 3 is 2.32 bits per heavy atom.